The van der Waals surface area contributed by atoms with Crippen LogP contribution in [0.1, 0.15) is 34.6 Å². The zero-order valence-corrected chi connectivity index (χ0v) is 18.6. The zero-order valence-electron chi connectivity index (χ0n) is 17.0. The molecule has 5 N–H and O–H groups in total. The van der Waals surface area contributed by atoms with Gasteiger partial charge in [0, 0.05) is 34.8 Å². The quantitative estimate of drug-likeness (QED) is 0.510. The Balaban J connectivity index is 2.06. The van der Waals surface area contributed by atoms with Crippen molar-refractivity contribution in [1.29, 1.82) is 0 Å². The van der Waals surface area contributed by atoms with E-state index >= 15 is 0 Å². The molecule has 1 unspecified atom stereocenters. The summed E-state index contributed by atoms with van der Waals surface area (Å²) < 4.78 is 1.03. The minimum atomic E-state index is 0.00577. The van der Waals surface area contributed by atoms with E-state index in [0.717, 1.165) is 27.5 Å². The van der Waals surface area contributed by atoms with Crippen molar-refractivity contribution in [3.05, 3.63) is 28.7 Å². The Hall–Kier alpha value is -2.10. The second kappa shape index (κ2) is 8.50. The number of nitrogens with two attached hydrogens (primary N) is 1. The molecule has 0 bridgehead atoms. The van der Waals surface area contributed by atoms with Gasteiger partial charge < -0.3 is 16.4 Å². The van der Waals surface area contributed by atoms with Crippen LogP contribution in [0.2, 0.25) is 0 Å². The average molecular weight is 449 g/mol. The molecule has 0 spiro atoms. The van der Waals surface area contributed by atoms with Gasteiger partial charge in [-0.1, -0.05) is 15.9 Å². The van der Waals surface area contributed by atoms with Crippen molar-refractivity contribution >= 4 is 44.9 Å². The maximum absolute atomic E-state index is 5.90. The lowest BCUT2D eigenvalue weighted by Crippen LogP contribution is -2.50. The van der Waals surface area contributed by atoms with E-state index < -0.39 is 0 Å². The molecule has 1 aliphatic heterocycles. The van der Waals surface area contributed by atoms with Crippen LogP contribution in [0.3, 0.4) is 0 Å². The van der Waals surface area contributed by atoms with Crippen molar-refractivity contribution in [3.63, 3.8) is 0 Å². The predicted molar refractivity (Wildman–Crippen MR) is 120 cm³/mol. The molecule has 0 saturated heterocycles. The summed E-state index contributed by atoms with van der Waals surface area (Å²) in [5.41, 5.74) is 11.2. The van der Waals surface area contributed by atoms with E-state index in [-0.39, 0.29) is 18.1 Å². The fourth-order valence-electron chi connectivity index (χ4n) is 2.87. The maximum atomic E-state index is 5.90. The van der Waals surface area contributed by atoms with Crippen molar-refractivity contribution in [2.24, 2.45) is 5.73 Å². The SMILES string of the molecule is CC(N)CNc1nc(Nc2ccc(Br)cc2)c2c(n1)N(C(C)C)NN2C(C)C. The number of benzene rings is 1. The van der Waals surface area contributed by atoms with Crippen LogP contribution in [0.5, 0.6) is 0 Å². The maximum Gasteiger partial charge on any atom is 0.226 e. The van der Waals surface area contributed by atoms with Crippen molar-refractivity contribution in [2.45, 2.75) is 52.7 Å². The van der Waals surface area contributed by atoms with Gasteiger partial charge in [0.2, 0.25) is 5.95 Å². The first kappa shape index (κ1) is 20.6. The Bertz CT molecular complexity index is 806. The first-order chi connectivity index (χ1) is 13.3. The van der Waals surface area contributed by atoms with Crippen molar-refractivity contribution < 1.29 is 0 Å². The molecule has 1 aliphatic rings. The van der Waals surface area contributed by atoms with E-state index in [4.69, 9.17) is 15.7 Å². The van der Waals surface area contributed by atoms with Crippen LogP contribution in [0, 0.1) is 0 Å². The molecule has 0 saturated carbocycles. The molecule has 9 heteroatoms. The number of fused-ring (bicyclic) bond motifs is 1. The van der Waals surface area contributed by atoms with E-state index in [1.165, 1.54) is 0 Å². The second-order valence-corrected chi connectivity index (χ2v) is 8.50. The Morgan fingerprint density at radius 2 is 1.68 bits per heavy atom. The molecule has 0 fully saturated rings. The van der Waals surface area contributed by atoms with Crippen LogP contribution < -0.4 is 31.9 Å². The van der Waals surface area contributed by atoms with E-state index in [0.29, 0.717) is 12.5 Å². The van der Waals surface area contributed by atoms with Gasteiger partial charge >= 0.3 is 0 Å². The number of hydrazine groups is 2. The third-order valence-electron chi connectivity index (χ3n) is 4.27. The average Bonchev–Trinajstić information content (AvgIpc) is 3.02. The number of hydrogen-bond donors (Lipinski definition) is 4. The van der Waals surface area contributed by atoms with Crippen LogP contribution in [-0.2, 0) is 0 Å². The summed E-state index contributed by atoms with van der Waals surface area (Å²) in [5, 5.41) is 10.8. The van der Waals surface area contributed by atoms with Crippen LogP contribution >= 0.6 is 15.9 Å². The summed E-state index contributed by atoms with van der Waals surface area (Å²) in [4.78, 5) is 9.52. The summed E-state index contributed by atoms with van der Waals surface area (Å²) >= 11 is 3.48. The molecule has 1 atom stereocenters. The van der Waals surface area contributed by atoms with Gasteiger partial charge in [0.05, 0.1) is 0 Å². The van der Waals surface area contributed by atoms with Crippen LogP contribution in [0.4, 0.5) is 29.0 Å². The van der Waals surface area contributed by atoms with Gasteiger partial charge in [-0.25, -0.2) is 0 Å². The van der Waals surface area contributed by atoms with E-state index in [9.17, 15) is 0 Å². The number of anilines is 5. The molecule has 1 aromatic carbocycles. The van der Waals surface area contributed by atoms with E-state index in [1.807, 2.05) is 31.2 Å². The van der Waals surface area contributed by atoms with Crippen LogP contribution in [-0.4, -0.2) is 34.6 Å². The number of halogens is 1. The lowest BCUT2D eigenvalue weighted by Gasteiger charge is -2.27. The third kappa shape index (κ3) is 4.48. The monoisotopic (exact) mass is 448 g/mol. The molecule has 8 nitrogen and oxygen atoms in total. The molecular formula is C19H29BrN8. The topological polar surface area (TPSA) is 94.4 Å². The molecule has 152 valence electrons. The lowest BCUT2D eigenvalue weighted by atomic mass is 10.2. The minimum absolute atomic E-state index is 0.00577. The Labute approximate surface area is 175 Å². The highest BCUT2D eigenvalue weighted by molar-refractivity contribution is 9.10. The van der Waals surface area contributed by atoms with Crippen molar-refractivity contribution in [3.8, 4) is 0 Å². The molecule has 1 aromatic heterocycles. The summed E-state index contributed by atoms with van der Waals surface area (Å²) in [7, 11) is 0. The summed E-state index contributed by atoms with van der Waals surface area (Å²) in [5.74, 6) is 2.13. The van der Waals surface area contributed by atoms with Gasteiger partial charge in [-0.3, -0.25) is 10.0 Å². The van der Waals surface area contributed by atoms with Gasteiger partial charge in [-0.2, -0.15) is 9.97 Å². The normalized spacial score (nSPS) is 14.6. The predicted octanol–water partition coefficient (Wildman–Crippen LogP) is 3.60. The highest BCUT2D eigenvalue weighted by atomic mass is 79.9. The van der Waals surface area contributed by atoms with Crippen molar-refractivity contribution in [2.75, 3.05) is 27.2 Å². The number of hydrogen-bond acceptors (Lipinski definition) is 8. The molecule has 28 heavy (non-hydrogen) atoms. The summed E-state index contributed by atoms with van der Waals surface area (Å²) in [6.45, 7) is 11.1. The Morgan fingerprint density at radius 1 is 1.04 bits per heavy atom. The number of rotatable bonds is 7. The lowest BCUT2D eigenvalue weighted by molar-refractivity contribution is 0.524. The summed E-state index contributed by atoms with van der Waals surface area (Å²) in [6, 6.07) is 8.46. The number of aromatic nitrogens is 2. The Morgan fingerprint density at radius 3 is 2.25 bits per heavy atom. The molecule has 2 heterocycles. The van der Waals surface area contributed by atoms with Crippen molar-refractivity contribution in [1.82, 2.24) is 15.5 Å². The van der Waals surface area contributed by atoms with Crippen LogP contribution in [0.25, 0.3) is 0 Å². The van der Waals surface area contributed by atoms with Gasteiger partial charge in [0.25, 0.3) is 0 Å². The van der Waals surface area contributed by atoms with Gasteiger partial charge in [-0.15, -0.1) is 5.53 Å². The van der Waals surface area contributed by atoms with Gasteiger partial charge in [0.1, 0.15) is 5.69 Å². The Kier molecular flexibility index (Phi) is 6.26. The minimum Gasteiger partial charge on any atom is -0.353 e. The van der Waals surface area contributed by atoms with E-state index in [2.05, 4.69) is 69.8 Å². The second-order valence-electron chi connectivity index (χ2n) is 7.59. The first-order valence-corrected chi connectivity index (χ1v) is 10.3. The number of nitrogens with zero attached hydrogens (tertiary/aromatic N) is 4. The highest BCUT2D eigenvalue weighted by Crippen LogP contribution is 2.41. The van der Waals surface area contributed by atoms with Gasteiger partial charge in [0.15, 0.2) is 11.6 Å². The smallest absolute Gasteiger partial charge is 0.226 e. The summed E-state index contributed by atoms with van der Waals surface area (Å²) in [6.07, 6.45) is 0. The first-order valence-electron chi connectivity index (χ1n) is 9.55. The molecule has 0 aliphatic carbocycles. The molecule has 2 aromatic rings. The standard InChI is InChI=1S/C19H29BrN8/c1-11(2)27-16-17(23-15-8-6-14(20)7-9-15)24-19(22-10-13(5)21)25-18(16)28(26-27)12(3)4/h6-9,11-13,26H,10,21H2,1-5H3,(H2,22,23,24,25). The third-order valence-corrected chi connectivity index (χ3v) is 4.80. The fourth-order valence-corrected chi connectivity index (χ4v) is 3.13. The zero-order chi connectivity index (χ0) is 20.4. The fraction of sp³-hybridized carbons (Fsp3) is 0.474. The highest BCUT2D eigenvalue weighted by Gasteiger charge is 2.34. The molecule has 0 amide bonds. The largest absolute Gasteiger partial charge is 0.353 e. The molecule has 0 radical (unpaired) electrons. The van der Waals surface area contributed by atoms with Crippen LogP contribution in [0.15, 0.2) is 28.7 Å². The van der Waals surface area contributed by atoms with Gasteiger partial charge in [-0.05, 0) is 58.9 Å². The number of nitrogens with one attached hydrogen (secondary N) is 3. The molecular weight excluding hydrogens is 420 g/mol. The van der Waals surface area contributed by atoms with E-state index in [1.54, 1.807) is 0 Å². The molecule has 3 rings (SSSR count).